The van der Waals surface area contributed by atoms with Gasteiger partial charge in [-0.3, -0.25) is 4.90 Å². The summed E-state index contributed by atoms with van der Waals surface area (Å²) in [6, 6.07) is 6.33. The maximum atomic E-state index is 4.68. The Morgan fingerprint density at radius 1 is 1.14 bits per heavy atom. The molecule has 110 valence electrons. The third-order valence-electron chi connectivity index (χ3n) is 3.13. The summed E-state index contributed by atoms with van der Waals surface area (Å²) in [6.45, 7) is 4.64. The highest BCUT2D eigenvalue weighted by Gasteiger charge is 2.10. The minimum atomic E-state index is 0.754. The highest BCUT2D eigenvalue weighted by molar-refractivity contribution is 7.16. The van der Waals surface area contributed by atoms with Crippen LogP contribution in [0, 0.1) is 0 Å². The lowest BCUT2D eigenvalue weighted by atomic mass is 10.3. The van der Waals surface area contributed by atoms with Crippen LogP contribution in [0.5, 0.6) is 0 Å². The molecule has 3 heterocycles. The fraction of sp³-hybridized carbons (Fsp3) is 0.333. The molecule has 21 heavy (non-hydrogen) atoms. The number of thiophene rings is 2. The van der Waals surface area contributed by atoms with Gasteiger partial charge in [0.25, 0.3) is 0 Å². The van der Waals surface area contributed by atoms with E-state index in [2.05, 4.69) is 63.1 Å². The molecule has 0 saturated carbocycles. The molecular formula is C15H18N4S2. The molecule has 0 aliphatic carbocycles. The molecule has 0 aliphatic rings. The summed E-state index contributed by atoms with van der Waals surface area (Å²) in [5.74, 6) is 1.82. The fourth-order valence-corrected chi connectivity index (χ4v) is 3.81. The van der Waals surface area contributed by atoms with Crippen LogP contribution in [0.2, 0.25) is 0 Å². The van der Waals surface area contributed by atoms with Crippen LogP contribution in [0.15, 0.2) is 29.0 Å². The molecule has 0 fully saturated rings. The fourth-order valence-electron chi connectivity index (χ4n) is 2.24. The van der Waals surface area contributed by atoms with Gasteiger partial charge in [0.15, 0.2) is 0 Å². The zero-order chi connectivity index (χ0) is 14.7. The van der Waals surface area contributed by atoms with E-state index in [0.29, 0.717) is 0 Å². The Bertz CT molecular complexity index is 706. The van der Waals surface area contributed by atoms with Crippen LogP contribution < -0.4 is 5.32 Å². The van der Waals surface area contributed by atoms with E-state index in [1.165, 1.54) is 4.88 Å². The van der Waals surface area contributed by atoms with Crippen molar-refractivity contribution < 1.29 is 0 Å². The van der Waals surface area contributed by atoms with E-state index in [9.17, 15) is 0 Å². The van der Waals surface area contributed by atoms with Crippen molar-refractivity contribution in [3.05, 3.63) is 39.7 Å². The summed E-state index contributed by atoms with van der Waals surface area (Å²) in [6.07, 6.45) is 0. The summed E-state index contributed by atoms with van der Waals surface area (Å²) in [5, 5.41) is 8.63. The average molecular weight is 318 g/mol. The molecule has 0 saturated heterocycles. The second-order valence-electron chi connectivity index (χ2n) is 4.91. The SMILES string of the molecule is CCNc1nc(CN(C)Cc2cccs2)nc2sccc12. The lowest BCUT2D eigenvalue weighted by molar-refractivity contribution is 0.314. The molecule has 1 N–H and O–H groups in total. The average Bonchev–Trinajstić information content (AvgIpc) is 3.09. The Morgan fingerprint density at radius 3 is 2.81 bits per heavy atom. The van der Waals surface area contributed by atoms with Crippen LogP contribution in [0.25, 0.3) is 10.2 Å². The van der Waals surface area contributed by atoms with Gasteiger partial charge in [0.05, 0.1) is 11.9 Å². The zero-order valence-corrected chi connectivity index (χ0v) is 13.8. The lowest BCUT2D eigenvalue weighted by Crippen LogP contribution is -2.18. The summed E-state index contributed by atoms with van der Waals surface area (Å²) in [5.41, 5.74) is 0. The van der Waals surface area contributed by atoms with Crippen molar-refractivity contribution in [2.75, 3.05) is 18.9 Å². The van der Waals surface area contributed by atoms with Gasteiger partial charge in [-0.1, -0.05) is 6.07 Å². The Balaban J connectivity index is 1.79. The molecule has 0 atom stereocenters. The van der Waals surface area contributed by atoms with Crippen LogP contribution in [0.3, 0.4) is 0 Å². The van der Waals surface area contributed by atoms with Crippen LogP contribution in [-0.2, 0) is 13.1 Å². The highest BCUT2D eigenvalue weighted by atomic mass is 32.1. The first kappa shape index (κ1) is 14.4. The number of anilines is 1. The number of aromatic nitrogens is 2. The van der Waals surface area contributed by atoms with Gasteiger partial charge in [0, 0.05) is 18.0 Å². The van der Waals surface area contributed by atoms with Crippen LogP contribution in [0.4, 0.5) is 5.82 Å². The molecule has 6 heteroatoms. The van der Waals surface area contributed by atoms with Gasteiger partial charge in [-0.25, -0.2) is 9.97 Å². The summed E-state index contributed by atoms with van der Waals surface area (Å²) in [7, 11) is 2.11. The minimum Gasteiger partial charge on any atom is -0.370 e. The Hall–Kier alpha value is -1.50. The number of nitrogens with one attached hydrogen (secondary N) is 1. The smallest absolute Gasteiger partial charge is 0.146 e. The number of nitrogens with zero attached hydrogens (tertiary/aromatic N) is 3. The van der Waals surface area contributed by atoms with E-state index in [1.54, 1.807) is 22.7 Å². The third-order valence-corrected chi connectivity index (χ3v) is 4.80. The minimum absolute atomic E-state index is 0.754. The first-order chi connectivity index (χ1) is 10.3. The van der Waals surface area contributed by atoms with Gasteiger partial charge in [-0.2, -0.15) is 0 Å². The van der Waals surface area contributed by atoms with Crippen molar-refractivity contribution in [3.63, 3.8) is 0 Å². The maximum absolute atomic E-state index is 4.68. The molecule has 0 aromatic carbocycles. The van der Waals surface area contributed by atoms with Crippen molar-refractivity contribution in [2.45, 2.75) is 20.0 Å². The predicted molar refractivity (Wildman–Crippen MR) is 91.1 cm³/mol. The van der Waals surface area contributed by atoms with E-state index in [-0.39, 0.29) is 0 Å². The lowest BCUT2D eigenvalue weighted by Gasteiger charge is -2.15. The van der Waals surface area contributed by atoms with E-state index >= 15 is 0 Å². The first-order valence-corrected chi connectivity index (χ1v) is 8.71. The number of rotatable bonds is 6. The third kappa shape index (κ3) is 3.40. The molecule has 3 aromatic rings. The molecule has 3 aromatic heterocycles. The maximum Gasteiger partial charge on any atom is 0.146 e. The molecule has 0 amide bonds. The predicted octanol–water partition coefficient (Wildman–Crippen LogP) is 3.82. The Morgan fingerprint density at radius 2 is 2.05 bits per heavy atom. The van der Waals surface area contributed by atoms with Crippen molar-refractivity contribution in [1.29, 1.82) is 0 Å². The Labute approximate surface area is 132 Å². The van der Waals surface area contributed by atoms with E-state index in [1.807, 2.05) is 0 Å². The van der Waals surface area contributed by atoms with Crippen molar-refractivity contribution >= 4 is 38.7 Å². The normalized spacial score (nSPS) is 11.4. The van der Waals surface area contributed by atoms with Gasteiger partial charge >= 0.3 is 0 Å². The van der Waals surface area contributed by atoms with Gasteiger partial charge in [-0.05, 0) is 36.9 Å². The molecule has 0 bridgehead atoms. The van der Waals surface area contributed by atoms with Gasteiger partial charge in [0.2, 0.25) is 0 Å². The van der Waals surface area contributed by atoms with E-state index in [0.717, 1.165) is 41.5 Å². The molecule has 3 rings (SSSR count). The van der Waals surface area contributed by atoms with Crippen LogP contribution in [0.1, 0.15) is 17.6 Å². The first-order valence-electron chi connectivity index (χ1n) is 6.95. The zero-order valence-electron chi connectivity index (χ0n) is 12.2. The number of hydrogen-bond donors (Lipinski definition) is 1. The molecule has 4 nitrogen and oxygen atoms in total. The second kappa shape index (κ2) is 6.51. The molecule has 0 radical (unpaired) electrons. The summed E-state index contributed by atoms with van der Waals surface area (Å²) >= 11 is 3.45. The van der Waals surface area contributed by atoms with Gasteiger partial charge in [0.1, 0.15) is 16.5 Å². The topological polar surface area (TPSA) is 41.1 Å². The van der Waals surface area contributed by atoms with E-state index < -0.39 is 0 Å². The standard InChI is InChI=1S/C15H18N4S2/c1-3-16-14-12-6-8-21-15(12)18-13(17-14)10-19(2)9-11-5-4-7-20-11/h4-8H,3,9-10H2,1-2H3,(H,16,17,18). The molecule has 0 spiro atoms. The van der Waals surface area contributed by atoms with Gasteiger partial charge < -0.3 is 5.32 Å². The van der Waals surface area contributed by atoms with Crippen LogP contribution >= 0.6 is 22.7 Å². The summed E-state index contributed by atoms with van der Waals surface area (Å²) in [4.78, 5) is 14.0. The van der Waals surface area contributed by atoms with Crippen molar-refractivity contribution in [3.8, 4) is 0 Å². The quantitative estimate of drug-likeness (QED) is 0.750. The largest absolute Gasteiger partial charge is 0.370 e. The highest BCUT2D eigenvalue weighted by Crippen LogP contribution is 2.25. The van der Waals surface area contributed by atoms with Gasteiger partial charge in [-0.15, -0.1) is 22.7 Å². The van der Waals surface area contributed by atoms with Crippen LogP contribution in [-0.4, -0.2) is 28.5 Å². The van der Waals surface area contributed by atoms with Crippen molar-refractivity contribution in [2.24, 2.45) is 0 Å². The number of hydrogen-bond acceptors (Lipinski definition) is 6. The monoisotopic (exact) mass is 318 g/mol. The molecule has 0 unspecified atom stereocenters. The van der Waals surface area contributed by atoms with E-state index in [4.69, 9.17) is 0 Å². The number of fused-ring (bicyclic) bond motifs is 1. The molecular weight excluding hydrogens is 300 g/mol. The molecule has 0 aliphatic heterocycles. The summed E-state index contributed by atoms with van der Waals surface area (Å²) < 4.78 is 0. The van der Waals surface area contributed by atoms with Crippen molar-refractivity contribution in [1.82, 2.24) is 14.9 Å². The second-order valence-corrected chi connectivity index (χ2v) is 6.84. The Kier molecular flexibility index (Phi) is 4.48.